The number of nitrogens with zero attached hydrogens (tertiary/aromatic N) is 1. The SMILES string of the molecule is NCC(O)CC(=O)Nc1cc(NC=O)cc(C(N)=O)n1. The molecule has 3 amide bonds. The molecular weight excluding hydrogens is 266 g/mol. The standard InChI is InChI=1S/C11H15N5O4/c12-4-7(18)3-10(19)16-9-2-6(14-5-17)1-8(15-9)11(13)20/h1-2,5,7,18H,3-4,12H2,(H2,13,20)(H2,14,15,16,17,19). The van der Waals surface area contributed by atoms with E-state index in [9.17, 15) is 19.5 Å². The number of nitrogens with two attached hydrogens (primary N) is 2. The smallest absolute Gasteiger partial charge is 0.267 e. The third kappa shape index (κ3) is 4.63. The maximum atomic E-state index is 11.6. The van der Waals surface area contributed by atoms with Crippen molar-refractivity contribution in [3.63, 3.8) is 0 Å². The highest BCUT2D eigenvalue weighted by atomic mass is 16.3. The van der Waals surface area contributed by atoms with Gasteiger partial charge in [-0.05, 0) is 6.07 Å². The number of hydrogen-bond donors (Lipinski definition) is 5. The lowest BCUT2D eigenvalue weighted by Crippen LogP contribution is -2.26. The van der Waals surface area contributed by atoms with Gasteiger partial charge in [-0.2, -0.15) is 0 Å². The lowest BCUT2D eigenvalue weighted by molar-refractivity contribution is -0.118. The fourth-order valence-corrected chi connectivity index (χ4v) is 1.36. The van der Waals surface area contributed by atoms with E-state index in [4.69, 9.17) is 11.5 Å². The van der Waals surface area contributed by atoms with Crippen LogP contribution in [0, 0.1) is 0 Å². The van der Waals surface area contributed by atoms with Crippen LogP contribution in [0.3, 0.4) is 0 Å². The number of nitrogens with one attached hydrogen (secondary N) is 2. The molecule has 108 valence electrons. The summed E-state index contributed by atoms with van der Waals surface area (Å²) in [6.07, 6.45) is -0.777. The van der Waals surface area contributed by atoms with E-state index in [-0.39, 0.29) is 30.2 Å². The summed E-state index contributed by atoms with van der Waals surface area (Å²) >= 11 is 0. The minimum Gasteiger partial charge on any atom is -0.391 e. The first-order valence-corrected chi connectivity index (χ1v) is 5.66. The van der Waals surface area contributed by atoms with Crippen molar-refractivity contribution in [2.75, 3.05) is 17.2 Å². The zero-order valence-electron chi connectivity index (χ0n) is 10.5. The molecule has 0 saturated heterocycles. The highest BCUT2D eigenvalue weighted by Crippen LogP contribution is 2.15. The maximum absolute atomic E-state index is 11.6. The Labute approximate surface area is 114 Å². The predicted molar refractivity (Wildman–Crippen MR) is 70.7 cm³/mol. The van der Waals surface area contributed by atoms with Crippen LogP contribution < -0.4 is 22.1 Å². The van der Waals surface area contributed by atoms with Gasteiger partial charge in [-0.3, -0.25) is 14.4 Å². The molecule has 0 fully saturated rings. The molecule has 1 atom stereocenters. The molecule has 0 aromatic carbocycles. The van der Waals surface area contributed by atoms with E-state index >= 15 is 0 Å². The van der Waals surface area contributed by atoms with Gasteiger partial charge in [0.2, 0.25) is 12.3 Å². The van der Waals surface area contributed by atoms with Crippen LogP contribution in [0.25, 0.3) is 0 Å². The number of primary amides is 1. The van der Waals surface area contributed by atoms with Crippen molar-refractivity contribution >= 4 is 29.7 Å². The van der Waals surface area contributed by atoms with Crippen LogP contribution in [0.2, 0.25) is 0 Å². The monoisotopic (exact) mass is 281 g/mol. The summed E-state index contributed by atoms with van der Waals surface area (Å²) in [5.74, 6) is -1.31. The van der Waals surface area contributed by atoms with Gasteiger partial charge in [0.15, 0.2) is 0 Å². The summed E-state index contributed by atoms with van der Waals surface area (Å²) in [7, 11) is 0. The Kier molecular flexibility index (Phi) is 5.56. The second-order valence-corrected chi connectivity index (χ2v) is 3.89. The van der Waals surface area contributed by atoms with E-state index in [0.29, 0.717) is 6.41 Å². The molecule has 0 aliphatic carbocycles. The number of carbonyl (C=O) groups excluding carboxylic acids is 3. The summed E-state index contributed by atoms with van der Waals surface area (Å²) in [4.78, 5) is 36.9. The highest BCUT2D eigenvalue weighted by molar-refractivity contribution is 5.95. The summed E-state index contributed by atoms with van der Waals surface area (Å²) in [5.41, 5.74) is 10.4. The molecule has 9 nitrogen and oxygen atoms in total. The second kappa shape index (κ2) is 7.16. The molecule has 1 unspecified atom stereocenters. The van der Waals surface area contributed by atoms with Crippen LogP contribution in [-0.2, 0) is 9.59 Å². The van der Waals surface area contributed by atoms with Gasteiger partial charge >= 0.3 is 0 Å². The molecular formula is C11H15N5O4. The largest absolute Gasteiger partial charge is 0.391 e. The van der Waals surface area contributed by atoms with E-state index in [1.165, 1.54) is 12.1 Å². The van der Waals surface area contributed by atoms with E-state index in [1.807, 2.05) is 0 Å². The zero-order valence-corrected chi connectivity index (χ0v) is 10.5. The molecule has 1 aromatic heterocycles. The lowest BCUT2D eigenvalue weighted by Gasteiger charge is -2.10. The van der Waals surface area contributed by atoms with Gasteiger partial charge in [0.05, 0.1) is 12.5 Å². The quantitative estimate of drug-likeness (QED) is 0.378. The van der Waals surface area contributed by atoms with Gasteiger partial charge in [0.1, 0.15) is 11.5 Å². The average Bonchev–Trinajstić information content (AvgIpc) is 2.38. The Balaban J connectivity index is 2.90. The van der Waals surface area contributed by atoms with Crippen molar-refractivity contribution in [3.8, 4) is 0 Å². The molecule has 9 heteroatoms. The molecule has 0 aliphatic rings. The Morgan fingerprint density at radius 1 is 1.45 bits per heavy atom. The molecule has 1 rings (SSSR count). The Hall–Kier alpha value is -2.52. The summed E-state index contributed by atoms with van der Waals surface area (Å²) < 4.78 is 0. The molecule has 1 heterocycles. The van der Waals surface area contributed by atoms with Crippen molar-refractivity contribution in [2.24, 2.45) is 11.5 Å². The first-order chi connectivity index (χ1) is 9.46. The summed E-state index contributed by atoms with van der Waals surface area (Å²) in [6, 6.07) is 2.61. The van der Waals surface area contributed by atoms with Gasteiger partial charge in [0, 0.05) is 18.3 Å². The average molecular weight is 281 g/mol. The van der Waals surface area contributed by atoms with Crippen molar-refractivity contribution < 1.29 is 19.5 Å². The van der Waals surface area contributed by atoms with Crippen LogP contribution in [0.5, 0.6) is 0 Å². The van der Waals surface area contributed by atoms with Crippen molar-refractivity contribution in [3.05, 3.63) is 17.8 Å². The fraction of sp³-hybridized carbons (Fsp3) is 0.273. The molecule has 1 aromatic rings. The minimum absolute atomic E-state index is 0.0277. The van der Waals surface area contributed by atoms with Crippen LogP contribution in [-0.4, -0.2) is 41.0 Å². The fourth-order valence-electron chi connectivity index (χ4n) is 1.36. The maximum Gasteiger partial charge on any atom is 0.267 e. The third-order valence-corrected chi connectivity index (χ3v) is 2.26. The predicted octanol–water partition coefficient (Wildman–Crippen LogP) is -1.60. The number of pyridine rings is 1. The topological polar surface area (TPSA) is 160 Å². The van der Waals surface area contributed by atoms with Crippen molar-refractivity contribution in [2.45, 2.75) is 12.5 Å². The summed E-state index contributed by atoms with van der Waals surface area (Å²) in [6.45, 7) is -0.0554. The molecule has 0 radical (unpaired) electrons. The van der Waals surface area contributed by atoms with Gasteiger partial charge in [-0.1, -0.05) is 0 Å². The first kappa shape index (κ1) is 15.5. The number of aliphatic hydroxyl groups excluding tert-OH is 1. The normalized spacial score (nSPS) is 11.5. The lowest BCUT2D eigenvalue weighted by atomic mass is 10.2. The number of rotatable bonds is 7. The minimum atomic E-state index is -0.970. The Morgan fingerprint density at radius 3 is 2.70 bits per heavy atom. The Morgan fingerprint density at radius 2 is 2.15 bits per heavy atom. The summed E-state index contributed by atoms with van der Waals surface area (Å²) in [5, 5.41) is 13.9. The van der Waals surface area contributed by atoms with Crippen molar-refractivity contribution in [1.29, 1.82) is 0 Å². The molecule has 0 saturated carbocycles. The number of anilines is 2. The van der Waals surface area contributed by atoms with Crippen LogP contribution >= 0.6 is 0 Å². The van der Waals surface area contributed by atoms with E-state index in [1.54, 1.807) is 0 Å². The van der Waals surface area contributed by atoms with Gasteiger partial charge in [-0.15, -0.1) is 0 Å². The molecule has 7 N–H and O–H groups in total. The second-order valence-electron chi connectivity index (χ2n) is 3.89. The first-order valence-electron chi connectivity index (χ1n) is 5.66. The van der Waals surface area contributed by atoms with Gasteiger partial charge in [0.25, 0.3) is 5.91 Å². The van der Waals surface area contributed by atoms with E-state index in [0.717, 1.165) is 0 Å². The number of aliphatic hydroxyl groups is 1. The highest BCUT2D eigenvalue weighted by Gasteiger charge is 2.12. The van der Waals surface area contributed by atoms with Gasteiger partial charge in [-0.25, -0.2) is 4.98 Å². The number of carbonyl (C=O) groups is 3. The van der Waals surface area contributed by atoms with E-state index < -0.39 is 17.9 Å². The molecule has 0 spiro atoms. The van der Waals surface area contributed by atoms with Crippen LogP contribution in [0.15, 0.2) is 12.1 Å². The molecule has 0 aliphatic heterocycles. The number of aromatic nitrogens is 1. The molecule has 0 bridgehead atoms. The Bertz CT molecular complexity index is 520. The van der Waals surface area contributed by atoms with Gasteiger partial charge < -0.3 is 27.2 Å². The third-order valence-electron chi connectivity index (χ3n) is 2.26. The van der Waals surface area contributed by atoms with Crippen molar-refractivity contribution in [1.82, 2.24) is 4.98 Å². The molecule has 20 heavy (non-hydrogen) atoms. The van der Waals surface area contributed by atoms with Crippen LogP contribution in [0.1, 0.15) is 16.9 Å². The number of amides is 3. The van der Waals surface area contributed by atoms with Crippen LogP contribution in [0.4, 0.5) is 11.5 Å². The number of hydrogen-bond acceptors (Lipinski definition) is 6. The van der Waals surface area contributed by atoms with E-state index in [2.05, 4.69) is 15.6 Å². The zero-order chi connectivity index (χ0) is 15.1.